The summed E-state index contributed by atoms with van der Waals surface area (Å²) in [6.45, 7) is 0. The Morgan fingerprint density at radius 1 is 0.914 bits per heavy atom. The first-order valence-electron chi connectivity index (χ1n) is 10.8. The van der Waals surface area contributed by atoms with E-state index in [1.165, 1.54) is 6.20 Å². The number of aromatic nitrogens is 2. The quantitative estimate of drug-likeness (QED) is 0.202. The van der Waals surface area contributed by atoms with Crippen LogP contribution in [0.2, 0.25) is 0 Å². The van der Waals surface area contributed by atoms with Gasteiger partial charge >= 0.3 is 0 Å². The summed E-state index contributed by atoms with van der Waals surface area (Å²) in [4.78, 5) is 13.0. The van der Waals surface area contributed by atoms with Crippen molar-refractivity contribution >= 4 is 33.9 Å². The molecule has 1 aromatic heterocycles. The Labute approximate surface area is 201 Å². The average Bonchev–Trinajstić information content (AvgIpc) is 3.32. The summed E-state index contributed by atoms with van der Waals surface area (Å²) < 4.78 is 1.58. The van der Waals surface area contributed by atoms with Crippen LogP contribution in [0.1, 0.15) is 15.9 Å². The molecule has 0 saturated heterocycles. The van der Waals surface area contributed by atoms with Gasteiger partial charge in [0.05, 0.1) is 17.4 Å². The topological polar surface area (TPSA) is 115 Å². The fraction of sp³-hybridized carbons (Fsp3) is 0. The van der Waals surface area contributed by atoms with Gasteiger partial charge in [-0.2, -0.15) is 10.4 Å². The Morgan fingerprint density at radius 2 is 1.60 bits per heavy atom. The Morgan fingerprint density at radius 3 is 2.34 bits per heavy atom. The number of amides is 1. The van der Waals surface area contributed by atoms with Gasteiger partial charge in [0.15, 0.2) is 11.6 Å². The van der Waals surface area contributed by atoms with E-state index in [2.05, 4.69) is 27.3 Å². The monoisotopic (exact) mass is 460 g/mol. The van der Waals surface area contributed by atoms with E-state index in [9.17, 15) is 15.2 Å². The highest BCUT2D eigenvalue weighted by molar-refractivity contribution is 6.12. The molecule has 4 aromatic carbocycles. The van der Waals surface area contributed by atoms with Crippen molar-refractivity contribution in [2.45, 2.75) is 0 Å². The Kier molecular flexibility index (Phi) is 5.72. The lowest BCUT2D eigenvalue weighted by molar-refractivity contribution is 0.102. The van der Waals surface area contributed by atoms with E-state index >= 15 is 0 Å². The highest BCUT2D eigenvalue weighted by atomic mass is 16.3. The molecule has 0 radical (unpaired) electrons. The predicted molar refractivity (Wildman–Crippen MR) is 136 cm³/mol. The number of hydrogen-bond donors (Lipinski definition) is 4. The van der Waals surface area contributed by atoms with Gasteiger partial charge in [0.1, 0.15) is 17.3 Å². The van der Waals surface area contributed by atoms with Crippen LogP contribution < -0.4 is 16.2 Å². The molecule has 0 unspecified atom stereocenters. The number of carbonyl (C=O) groups excluding carboxylic acids is 1. The molecule has 170 valence electrons. The smallest absolute Gasteiger partial charge is 0.259 e. The first-order valence-corrected chi connectivity index (χ1v) is 10.8. The van der Waals surface area contributed by atoms with E-state index in [4.69, 9.17) is 0 Å². The van der Waals surface area contributed by atoms with Gasteiger partial charge in [-0.05, 0) is 35.7 Å². The van der Waals surface area contributed by atoms with E-state index in [0.717, 1.165) is 11.1 Å². The lowest BCUT2D eigenvalue weighted by Crippen LogP contribution is -2.16. The molecule has 0 saturated carbocycles. The maximum atomic E-state index is 13.0. The molecule has 5 aromatic rings. The lowest BCUT2D eigenvalue weighted by Gasteiger charge is -2.17. The van der Waals surface area contributed by atoms with Crippen LogP contribution in [0.15, 0.2) is 97.2 Å². The molecule has 4 N–H and O–H groups in total. The maximum Gasteiger partial charge on any atom is 0.259 e. The molecule has 1 heterocycles. The summed E-state index contributed by atoms with van der Waals surface area (Å²) in [5.74, 6) is -0.287. The van der Waals surface area contributed by atoms with Gasteiger partial charge in [-0.15, -0.1) is 0 Å². The molecule has 8 nitrogen and oxygen atoms in total. The number of nitriles is 1. The van der Waals surface area contributed by atoms with Gasteiger partial charge in [0, 0.05) is 11.1 Å². The van der Waals surface area contributed by atoms with Crippen molar-refractivity contribution in [2.75, 3.05) is 16.2 Å². The number of hydrazine groups is 1. The van der Waals surface area contributed by atoms with Crippen LogP contribution in [0, 0.1) is 11.3 Å². The third-order valence-electron chi connectivity index (χ3n) is 5.49. The maximum absolute atomic E-state index is 13.0. The number of nitrogens with zero attached hydrogens (tertiary/aromatic N) is 3. The van der Waals surface area contributed by atoms with Crippen LogP contribution >= 0.6 is 0 Å². The highest BCUT2D eigenvalue weighted by Gasteiger charge is 2.20. The van der Waals surface area contributed by atoms with Gasteiger partial charge in [-0.3, -0.25) is 15.6 Å². The van der Waals surface area contributed by atoms with Gasteiger partial charge in [0.25, 0.3) is 5.91 Å². The molecule has 0 aliphatic heterocycles. The zero-order valence-electron chi connectivity index (χ0n) is 18.4. The van der Waals surface area contributed by atoms with Gasteiger partial charge in [-0.25, -0.2) is 4.68 Å². The van der Waals surface area contributed by atoms with Crippen LogP contribution in [0.4, 0.5) is 17.2 Å². The number of carbonyl (C=O) groups is 1. The van der Waals surface area contributed by atoms with Crippen molar-refractivity contribution in [3.8, 4) is 17.5 Å². The van der Waals surface area contributed by atoms with Crippen molar-refractivity contribution < 1.29 is 9.90 Å². The first-order chi connectivity index (χ1) is 17.2. The normalized spacial score (nSPS) is 10.5. The van der Waals surface area contributed by atoms with Crippen molar-refractivity contribution in [3.05, 3.63) is 108 Å². The molecule has 0 fully saturated rings. The fourth-order valence-corrected chi connectivity index (χ4v) is 3.79. The molecule has 0 spiro atoms. The molecule has 35 heavy (non-hydrogen) atoms. The second-order valence-electron chi connectivity index (χ2n) is 7.71. The second-order valence-corrected chi connectivity index (χ2v) is 7.71. The molecule has 0 aliphatic carbocycles. The minimum Gasteiger partial charge on any atom is -0.505 e. The molecule has 0 atom stereocenters. The minimum absolute atomic E-state index is 0.105. The average molecular weight is 460 g/mol. The number of phenolic OH excluding ortho intramolecular Hbond substituents is 1. The van der Waals surface area contributed by atoms with E-state index in [-0.39, 0.29) is 11.3 Å². The van der Waals surface area contributed by atoms with Crippen LogP contribution in [-0.4, -0.2) is 20.8 Å². The van der Waals surface area contributed by atoms with Crippen molar-refractivity contribution in [2.24, 2.45) is 0 Å². The number of benzene rings is 4. The van der Waals surface area contributed by atoms with E-state index in [0.29, 0.717) is 28.1 Å². The third kappa shape index (κ3) is 4.21. The van der Waals surface area contributed by atoms with Crippen LogP contribution in [0.3, 0.4) is 0 Å². The number of anilines is 3. The molecule has 8 heteroatoms. The summed E-state index contributed by atoms with van der Waals surface area (Å²) in [6.07, 6.45) is 1.46. The van der Waals surface area contributed by atoms with Gasteiger partial charge in [0.2, 0.25) is 0 Å². The lowest BCUT2D eigenvalue weighted by atomic mass is 10.0. The summed E-state index contributed by atoms with van der Waals surface area (Å²) >= 11 is 0. The number of aromatic hydroxyl groups is 1. The summed E-state index contributed by atoms with van der Waals surface area (Å²) in [5.41, 5.74) is 8.10. The number of fused-ring (bicyclic) bond motifs is 1. The fourth-order valence-electron chi connectivity index (χ4n) is 3.79. The number of nitrogens with one attached hydrogen (secondary N) is 3. The SMILES string of the molecule is N#Cc1cnn(-c2ccccc2)c1NNc1c(O)c(C(=O)Nc2ccccc2)cc2ccccc12. The number of para-hydroxylation sites is 2. The van der Waals surface area contributed by atoms with E-state index in [1.54, 1.807) is 22.9 Å². The van der Waals surface area contributed by atoms with Crippen LogP contribution in [-0.2, 0) is 0 Å². The standard InChI is InChI=1S/C27H20N6O2/c28-16-19-17-29-33(21-12-5-2-6-13-21)26(19)32-31-24-22-14-8-7-9-18(22)15-23(25(24)34)27(35)30-20-10-3-1-4-11-20/h1-15,17,31-32,34H,(H,30,35). The van der Waals surface area contributed by atoms with Crippen LogP contribution in [0.5, 0.6) is 5.75 Å². The van der Waals surface area contributed by atoms with Gasteiger partial charge in [-0.1, -0.05) is 60.7 Å². The molecular formula is C27H20N6O2. The number of hydrogen-bond acceptors (Lipinski definition) is 6. The molecule has 0 bridgehead atoms. The predicted octanol–water partition coefficient (Wildman–Crippen LogP) is 5.29. The van der Waals surface area contributed by atoms with E-state index < -0.39 is 5.91 Å². The minimum atomic E-state index is -0.449. The van der Waals surface area contributed by atoms with Crippen molar-refractivity contribution in [3.63, 3.8) is 0 Å². The third-order valence-corrected chi connectivity index (χ3v) is 5.49. The summed E-state index contributed by atoms with van der Waals surface area (Å²) in [6, 6.07) is 29.5. The number of phenols is 1. The number of rotatable bonds is 6. The van der Waals surface area contributed by atoms with Crippen LogP contribution in [0.25, 0.3) is 16.5 Å². The Balaban J connectivity index is 1.53. The van der Waals surface area contributed by atoms with Crippen molar-refractivity contribution in [1.82, 2.24) is 9.78 Å². The summed E-state index contributed by atoms with van der Waals surface area (Å²) in [5, 5.41) is 29.3. The Hall–Kier alpha value is -5.29. The van der Waals surface area contributed by atoms with Gasteiger partial charge < -0.3 is 10.4 Å². The first kappa shape index (κ1) is 21.6. The van der Waals surface area contributed by atoms with Crippen molar-refractivity contribution in [1.29, 1.82) is 5.26 Å². The Bertz CT molecular complexity index is 1560. The molecular weight excluding hydrogens is 440 g/mol. The highest BCUT2D eigenvalue weighted by Crippen LogP contribution is 2.37. The second kappa shape index (κ2) is 9.29. The zero-order valence-corrected chi connectivity index (χ0v) is 18.4. The molecule has 1 amide bonds. The largest absolute Gasteiger partial charge is 0.505 e. The molecule has 5 rings (SSSR count). The zero-order chi connectivity index (χ0) is 24.2. The summed E-state index contributed by atoms with van der Waals surface area (Å²) in [7, 11) is 0. The molecule has 0 aliphatic rings. The van der Waals surface area contributed by atoms with E-state index in [1.807, 2.05) is 72.8 Å².